The van der Waals surface area contributed by atoms with Crippen molar-refractivity contribution in [3.63, 3.8) is 0 Å². The van der Waals surface area contributed by atoms with Crippen LogP contribution in [0.2, 0.25) is 0 Å². The van der Waals surface area contributed by atoms with Crippen LogP contribution in [-0.4, -0.2) is 20.1 Å². The molecule has 1 saturated carbocycles. The van der Waals surface area contributed by atoms with Crippen LogP contribution in [-0.2, 0) is 27.5 Å². The van der Waals surface area contributed by atoms with Crippen molar-refractivity contribution >= 4 is 15.7 Å². The van der Waals surface area contributed by atoms with Gasteiger partial charge in [-0.3, -0.25) is 4.79 Å². The van der Waals surface area contributed by atoms with E-state index in [1.54, 1.807) is 12.1 Å². The molecule has 3 unspecified atom stereocenters. The minimum absolute atomic E-state index is 0.0101. The highest BCUT2D eigenvalue weighted by Gasteiger charge is 2.40. The minimum atomic E-state index is -3.45. The van der Waals surface area contributed by atoms with Gasteiger partial charge < -0.3 is 5.32 Å². The van der Waals surface area contributed by atoms with Crippen molar-refractivity contribution in [2.45, 2.75) is 50.0 Å². The van der Waals surface area contributed by atoms with Gasteiger partial charge in [0.05, 0.1) is 16.7 Å². The number of hydrogen-bond donors (Lipinski definition) is 1. The average molecular weight is 398 g/mol. The van der Waals surface area contributed by atoms with E-state index in [4.69, 9.17) is 0 Å². The smallest absolute Gasteiger partial charge is 0.221 e. The van der Waals surface area contributed by atoms with Gasteiger partial charge in [0.15, 0.2) is 9.84 Å². The van der Waals surface area contributed by atoms with Gasteiger partial charge in [-0.25, -0.2) is 8.42 Å². The van der Waals surface area contributed by atoms with Crippen LogP contribution in [0.1, 0.15) is 48.9 Å². The third-order valence-electron chi connectivity index (χ3n) is 6.10. The van der Waals surface area contributed by atoms with Crippen molar-refractivity contribution in [3.8, 4) is 0 Å². The molecular weight excluding hydrogens is 370 g/mol. The summed E-state index contributed by atoms with van der Waals surface area (Å²) in [4.78, 5) is 12.9. The Balaban J connectivity index is 1.40. The molecule has 3 atom stereocenters. The maximum atomic E-state index is 12.7. The first-order chi connectivity index (χ1) is 13.4. The van der Waals surface area contributed by atoms with E-state index >= 15 is 0 Å². The molecule has 2 aliphatic carbocycles. The van der Waals surface area contributed by atoms with Crippen LogP contribution in [0.3, 0.4) is 0 Å². The SMILES string of the molecule is CC1CC1C(NC(=O)CCS(=O)(=O)c1ccc2c(c1)CCC2)c1ccccc1. The molecule has 5 heteroatoms. The van der Waals surface area contributed by atoms with Gasteiger partial charge in [0.2, 0.25) is 5.91 Å². The van der Waals surface area contributed by atoms with E-state index in [0.29, 0.717) is 16.7 Å². The van der Waals surface area contributed by atoms with Crippen molar-refractivity contribution in [2.24, 2.45) is 11.8 Å². The standard InChI is InChI=1S/C23H27NO3S/c1-16-14-21(16)23(18-6-3-2-4-7-18)24-22(25)12-13-28(26,27)20-11-10-17-8-5-9-19(17)15-20/h2-4,6-7,10-11,15-16,21,23H,5,8-9,12-14H2,1H3,(H,24,25). The Morgan fingerprint density at radius 3 is 2.54 bits per heavy atom. The molecule has 2 aliphatic rings. The second-order valence-electron chi connectivity index (χ2n) is 8.19. The Bertz CT molecular complexity index is 969. The number of rotatable bonds is 7. The Morgan fingerprint density at radius 1 is 1.11 bits per heavy atom. The van der Waals surface area contributed by atoms with E-state index in [9.17, 15) is 13.2 Å². The molecule has 2 aromatic carbocycles. The van der Waals surface area contributed by atoms with Crippen LogP contribution in [0.4, 0.5) is 0 Å². The lowest BCUT2D eigenvalue weighted by Gasteiger charge is -2.19. The van der Waals surface area contributed by atoms with Crippen molar-refractivity contribution < 1.29 is 13.2 Å². The lowest BCUT2D eigenvalue weighted by Crippen LogP contribution is -2.31. The van der Waals surface area contributed by atoms with Crippen LogP contribution in [0.25, 0.3) is 0 Å². The number of aryl methyl sites for hydroxylation is 2. The Morgan fingerprint density at radius 2 is 1.82 bits per heavy atom. The fraction of sp³-hybridized carbons (Fsp3) is 0.435. The van der Waals surface area contributed by atoms with E-state index in [-0.39, 0.29) is 24.1 Å². The summed E-state index contributed by atoms with van der Waals surface area (Å²) in [5.74, 6) is 0.664. The quantitative estimate of drug-likeness (QED) is 0.772. The first-order valence-corrected chi connectivity index (χ1v) is 11.8. The second-order valence-corrected chi connectivity index (χ2v) is 10.3. The number of carbonyl (C=O) groups excluding carboxylic acids is 1. The van der Waals surface area contributed by atoms with Crippen LogP contribution < -0.4 is 5.32 Å². The van der Waals surface area contributed by atoms with Gasteiger partial charge in [-0.2, -0.15) is 0 Å². The monoisotopic (exact) mass is 397 g/mol. The fourth-order valence-electron chi connectivity index (χ4n) is 4.25. The number of benzene rings is 2. The molecule has 1 N–H and O–H groups in total. The van der Waals surface area contributed by atoms with Crippen LogP contribution in [0, 0.1) is 11.8 Å². The summed E-state index contributed by atoms with van der Waals surface area (Å²) >= 11 is 0. The summed E-state index contributed by atoms with van der Waals surface area (Å²) in [6, 6.07) is 15.3. The molecule has 1 amide bonds. The highest BCUT2D eigenvalue weighted by Crippen LogP contribution is 2.46. The molecule has 0 radical (unpaired) electrons. The highest BCUT2D eigenvalue weighted by atomic mass is 32.2. The molecule has 4 nitrogen and oxygen atoms in total. The highest BCUT2D eigenvalue weighted by molar-refractivity contribution is 7.91. The van der Waals surface area contributed by atoms with Gasteiger partial charge in [0.1, 0.15) is 0 Å². The number of hydrogen-bond acceptors (Lipinski definition) is 3. The van der Waals surface area contributed by atoms with Crippen LogP contribution in [0.15, 0.2) is 53.4 Å². The Kier molecular flexibility index (Phi) is 5.28. The molecule has 0 saturated heterocycles. The predicted octanol–water partition coefficient (Wildman–Crippen LogP) is 3.85. The number of fused-ring (bicyclic) bond motifs is 1. The zero-order chi connectivity index (χ0) is 19.7. The maximum absolute atomic E-state index is 12.7. The number of nitrogens with one attached hydrogen (secondary N) is 1. The van der Waals surface area contributed by atoms with Crippen LogP contribution in [0.5, 0.6) is 0 Å². The molecule has 0 heterocycles. The van der Waals surface area contributed by atoms with Crippen molar-refractivity contribution in [1.29, 1.82) is 0 Å². The Labute approximate surface area is 167 Å². The molecular formula is C23H27NO3S. The third kappa shape index (κ3) is 4.14. The van der Waals surface area contributed by atoms with Crippen molar-refractivity contribution in [3.05, 3.63) is 65.2 Å². The van der Waals surface area contributed by atoms with E-state index < -0.39 is 9.84 Å². The summed E-state index contributed by atoms with van der Waals surface area (Å²) in [6.07, 6.45) is 4.13. The number of carbonyl (C=O) groups is 1. The lowest BCUT2D eigenvalue weighted by atomic mass is 10.0. The summed E-state index contributed by atoms with van der Waals surface area (Å²) < 4.78 is 25.4. The topological polar surface area (TPSA) is 63.2 Å². The van der Waals surface area contributed by atoms with E-state index in [1.807, 2.05) is 36.4 Å². The number of amides is 1. The lowest BCUT2D eigenvalue weighted by molar-refractivity contribution is -0.121. The molecule has 28 heavy (non-hydrogen) atoms. The van der Waals surface area contributed by atoms with Crippen LogP contribution >= 0.6 is 0 Å². The molecule has 2 aromatic rings. The van der Waals surface area contributed by atoms with Gasteiger partial charge in [-0.15, -0.1) is 0 Å². The van der Waals surface area contributed by atoms with Crippen molar-refractivity contribution in [1.82, 2.24) is 5.32 Å². The molecule has 1 fully saturated rings. The number of sulfone groups is 1. The van der Waals surface area contributed by atoms with E-state index in [2.05, 4.69) is 12.2 Å². The first-order valence-electron chi connectivity index (χ1n) is 10.1. The van der Waals surface area contributed by atoms with E-state index in [1.165, 1.54) is 5.56 Å². The summed E-state index contributed by atoms with van der Waals surface area (Å²) in [5, 5.41) is 3.09. The summed E-state index contributed by atoms with van der Waals surface area (Å²) in [7, 11) is -3.45. The molecule has 0 bridgehead atoms. The van der Waals surface area contributed by atoms with E-state index in [0.717, 1.165) is 36.8 Å². The molecule has 0 aromatic heterocycles. The van der Waals surface area contributed by atoms with Gasteiger partial charge in [-0.05, 0) is 66.3 Å². The third-order valence-corrected chi connectivity index (χ3v) is 7.82. The van der Waals surface area contributed by atoms with Gasteiger partial charge >= 0.3 is 0 Å². The average Bonchev–Trinajstić information content (AvgIpc) is 3.23. The largest absolute Gasteiger partial charge is 0.349 e. The van der Waals surface area contributed by atoms with Gasteiger partial charge in [0.25, 0.3) is 0 Å². The maximum Gasteiger partial charge on any atom is 0.221 e. The van der Waals surface area contributed by atoms with Gasteiger partial charge in [0, 0.05) is 6.42 Å². The first kappa shape index (κ1) is 19.2. The predicted molar refractivity (Wildman–Crippen MR) is 110 cm³/mol. The molecule has 0 aliphatic heterocycles. The second kappa shape index (κ2) is 7.70. The molecule has 4 rings (SSSR count). The zero-order valence-electron chi connectivity index (χ0n) is 16.2. The normalized spacial score (nSPS) is 21.8. The molecule has 148 valence electrons. The van der Waals surface area contributed by atoms with Gasteiger partial charge in [-0.1, -0.05) is 43.3 Å². The minimum Gasteiger partial charge on any atom is -0.349 e. The fourth-order valence-corrected chi connectivity index (χ4v) is 5.53. The summed E-state index contributed by atoms with van der Waals surface area (Å²) in [5.41, 5.74) is 3.48. The zero-order valence-corrected chi connectivity index (χ0v) is 17.0. The summed E-state index contributed by atoms with van der Waals surface area (Å²) in [6.45, 7) is 2.19. The Hall–Kier alpha value is -2.14. The van der Waals surface area contributed by atoms with Crippen molar-refractivity contribution in [2.75, 3.05) is 5.75 Å². The molecule has 0 spiro atoms.